The van der Waals surface area contributed by atoms with Gasteiger partial charge in [-0.1, -0.05) is 26.5 Å². The summed E-state index contributed by atoms with van der Waals surface area (Å²) in [5.74, 6) is 0. The second kappa shape index (κ2) is 6.64. The predicted molar refractivity (Wildman–Crippen MR) is 45.2 cm³/mol. The highest BCUT2D eigenvalue weighted by atomic mass is 19.4. The second-order valence-electron chi connectivity index (χ2n) is 1.47. The molecule has 0 aromatic carbocycles. The van der Waals surface area contributed by atoms with Gasteiger partial charge in [-0.2, -0.15) is 13.2 Å². The van der Waals surface area contributed by atoms with Crippen molar-refractivity contribution in [2.45, 2.75) is 20.0 Å². The molecule has 4 heteroatoms. The van der Waals surface area contributed by atoms with E-state index in [9.17, 15) is 13.2 Å². The van der Waals surface area contributed by atoms with Crippen LogP contribution in [0.1, 0.15) is 13.8 Å². The summed E-state index contributed by atoms with van der Waals surface area (Å²) in [7, 11) is 0. The van der Waals surface area contributed by atoms with Crippen LogP contribution in [0.3, 0.4) is 0 Å². The van der Waals surface area contributed by atoms with Crippen LogP contribution in [0.5, 0.6) is 0 Å². The molecule has 0 atom stereocenters. The summed E-state index contributed by atoms with van der Waals surface area (Å²) in [6.45, 7) is 9.86. The van der Waals surface area contributed by atoms with E-state index < -0.39 is 11.7 Å². The molecule has 1 nitrogen and oxygen atoms in total. The number of hydrogen-bond donors (Lipinski definition) is 0. The zero-order chi connectivity index (χ0) is 10.2. The van der Waals surface area contributed by atoms with Gasteiger partial charge in [-0.3, -0.25) is 4.99 Å². The Morgan fingerprint density at radius 1 is 1.33 bits per heavy atom. The Bertz CT molecular complexity index is 168. The first-order valence-corrected chi connectivity index (χ1v) is 3.38. The fourth-order valence-corrected chi connectivity index (χ4v) is 0.340. The molecule has 0 saturated heterocycles. The lowest BCUT2D eigenvalue weighted by Gasteiger charge is -2.04. The lowest BCUT2D eigenvalue weighted by atomic mass is 10.3. The lowest BCUT2D eigenvalue weighted by molar-refractivity contribution is -0.0883. The summed E-state index contributed by atoms with van der Waals surface area (Å²) in [5, 5.41) is 0. The van der Waals surface area contributed by atoms with Crippen molar-refractivity contribution in [2.24, 2.45) is 4.99 Å². The topological polar surface area (TPSA) is 12.4 Å². The Morgan fingerprint density at radius 2 is 1.75 bits per heavy atom. The van der Waals surface area contributed by atoms with Gasteiger partial charge in [0.1, 0.15) is 0 Å². The zero-order valence-corrected chi connectivity index (χ0v) is 7.15. The molecule has 0 rings (SSSR count). The molecule has 0 aliphatic heterocycles. The van der Waals surface area contributed by atoms with Gasteiger partial charge in [0.2, 0.25) is 0 Å². The van der Waals surface area contributed by atoms with E-state index in [1.54, 1.807) is 0 Å². The second-order valence-corrected chi connectivity index (χ2v) is 1.47. The van der Waals surface area contributed by atoms with Crippen LogP contribution in [-0.4, -0.2) is 12.9 Å². The van der Waals surface area contributed by atoms with Gasteiger partial charge >= 0.3 is 6.18 Å². The fraction of sp³-hybridized carbons (Fsp3) is 0.375. The van der Waals surface area contributed by atoms with Crippen molar-refractivity contribution in [3.05, 3.63) is 24.4 Å². The SMILES string of the molecule is C=C/C(=C\N=C)C(F)(F)F.CC. The average Bonchev–Trinajstić information content (AvgIpc) is 2.02. The number of nitrogens with zero attached hydrogens (tertiary/aromatic N) is 1. The molecule has 0 aromatic rings. The van der Waals surface area contributed by atoms with Gasteiger partial charge in [-0.05, 0) is 6.72 Å². The zero-order valence-electron chi connectivity index (χ0n) is 7.15. The van der Waals surface area contributed by atoms with Gasteiger partial charge in [0, 0.05) is 6.20 Å². The minimum absolute atomic E-state index is 0.618. The van der Waals surface area contributed by atoms with Gasteiger partial charge in [-0.15, -0.1) is 0 Å². The minimum atomic E-state index is -4.37. The van der Waals surface area contributed by atoms with E-state index in [1.165, 1.54) is 0 Å². The van der Waals surface area contributed by atoms with Crippen LogP contribution in [0.4, 0.5) is 13.2 Å². The number of rotatable bonds is 2. The molecule has 70 valence electrons. The van der Waals surface area contributed by atoms with Crippen LogP contribution < -0.4 is 0 Å². The summed E-state index contributed by atoms with van der Waals surface area (Å²) in [4.78, 5) is 2.97. The number of alkyl halides is 3. The van der Waals surface area contributed by atoms with Gasteiger partial charge in [-0.25, -0.2) is 0 Å². The molecular formula is C8H12F3N. The van der Waals surface area contributed by atoms with Crippen LogP contribution in [0.25, 0.3) is 0 Å². The van der Waals surface area contributed by atoms with E-state index in [0.717, 1.165) is 0 Å². The quantitative estimate of drug-likeness (QED) is 0.455. The van der Waals surface area contributed by atoms with E-state index in [4.69, 9.17) is 0 Å². The Kier molecular flexibility index (Phi) is 7.48. The highest BCUT2D eigenvalue weighted by Gasteiger charge is 2.31. The molecule has 0 aromatic heterocycles. The number of allylic oxidation sites excluding steroid dienone is 2. The van der Waals surface area contributed by atoms with Crippen molar-refractivity contribution in [1.82, 2.24) is 0 Å². The van der Waals surface area contributed by atoms with Gasteiger partial charge in [0.25, 0.3) is 0 Å². The first kappa shape index (κ1) is 13.5. The highest BCUT2D eigenvalue weighted by molar-refractivity contribution is 5.30. The molecule has 0 saturated carbocycles. The monoisotopic (exact) mass is 179 g/mol. The highest BCUT2D eigenvalue weighted by Crippen LogP contribution is 2.25. The molecule has 0 aliphatic carbocycles. The van der Waals surface area contributed by atoms with E-state index >= 15 is 0 Å². The van der Waals surface area contributed by atoms with Crippen molar-refractivity contribution in [2.75, 3.05) is 0 Å². The largest absolute Gasteiger partial charge is 0.417 e. The summed E-state index contributed by atoms with van der Waals surface area (Å²) in [5.41, 5.74) is -0.887. The summed E-state index contributed by atoms with van der Waals surface area (Å²) >= 11 is 0. The average molecular weight is 179 g/mol. The van der Waals surface area contributed by atoms with E-state index in [-0.39, 0.29) is 0 Å². The third-order valence-corrected chi connectivity index (χ3v) is 0.778. The van der Waals surface area contributed by atoms with Crippen molar-refractivity contribution < 1.29 is 13.2 Å². The van der Waals surface area contributed by atoms with Crippen LogP contribution in [-0.2, 0) is 0 Å². The Balaban J connectivity index is 0. The maximum atomic E-state index is 11.7. The molecule has 0 aliphatic rings. The lowest BCUT2D eigenvalue weighted by Crippen LogP contribution is -2.09. The summed E-state index contributed by atoms with van der Waals surface area (Å²) in [6.07, 6.45) is -3.06. The van der Waals surface area contributed by atoms with Gasteiger partial charge in [0.05, 0.1) is 5.57 Å². The van der Waals surface area contributed by atoms with Crippen molar-refractivity contribution in [3.8, 4) is 0 Å². The molecule has 0 spiro atoms. The maximum Gasteiger partial charge on any atom is 0.417 e. The summed E-state index contributed by atoms with van der Waals surface area (Å²) < 4.78 is 35.0. The molecule has 0 N–H and O–H groups in total. The molecule has 0 bridgehead atoms. The molecule has 0 unspecified atom stereocenters. The third-order valence-electron chi connectivity index (χ3n) is 0.778. The van der Waals surface area contributed by atoms with Crippen LogP contribution in [0, 0.1) is 0 Å². The van der Waals surface area contributed by atoms with Gasteiger partial charge in [0.15, 0.2) is 0 Å². The van der Waals surface area contributed by atoms with E-state index in [0.29, 0.717) is 12.3 Å². The van der Waals surface area contributed by atoms with Crippen molar-refractivity contribution in [3.63, 3.8) is 0 Å². The normalized spacial score (nSPS) is 11.2. The Morgan fingerprint density at radius 3 is 1.83 bits per heavy atom. The third kappa shape index (κ3) is 5.70. The summed E-state index contributed by atoms with van der Waals surface area (Å²) in [6, 6.07) is 0. The van der Waals surface area contributed by atoms with Crippen LogP contribution in [0.2, 0.25) is 0 Å². The van der Waals surface area contributed by atoms with E-state index in [2.05, 4.69) is 18.3 Å². The van der Waals surface area contributed by atoms with Crippen molar-refractivity contribution >= 4 is 6.72 Å². The van der Waals surface area contributed by atoms with Gasteiger partial charge < -0.3 is 0 Å². The molecular weight excluding hydrogens is 167 g/mol. The molecule has 12 heavy (non-hydrogen) atoms. The number of halogens is 3. The predicted octanol–water partition coefficient (Wildman–Crippen LogP) is 3.35. The van der Waals surface area contributed by atoms with E-state index in [1.807, 2.05) is 13.8 Å². The first-order valence-electron chi connectivity index (χ1n) is 3.38. The van der Waals surface area contributed by atoms with Crippen molar-refractivity contribution in [1.29, 1.82) is 0 Å². The number of hydrogen-bond acceptors (Lipinski definition) is 1. The van der Waals surface area contributed by atoms with Crippen LogP contribution in [0.15, 0.2) is 29.4 Å². The number of aliphatic imine (C=N–C) groups is 1. The first-order chi connectivity index (χ1) is 5.52. The molecule has 0 amide bonds. The standard InChI is InChI=1S/C6H6F3N.C2H6/c1-3-5(4-10-2)6(7,8)9;1-2/h3-4H,1-2H2;1-2H3/b5-4+;. The minimum Gasteiger partial charge on any atom is -0.272 e. The maximum absolute atomic E-state index is 11.7. The van der Waals surface area contributed by atoms with Crippen LogP contribution >= 0.6 is 0 Å². The molecule has 0 radical (unpaired) electrons. The Hall–Kier alpha value is -1.06. The fourth-order valence-electron chi connectivity index (χ4n) is 0.340. The Labute approximate surface area is 70.3 Å². The smallest absolute Gasteiger partial charge is 0.272 e. The molecule has 0 fully saturated rings. The molecule has 0 heterocycles.